The number of benzene rings is 1. The van der Waals surface area contributed by atoms with Crippen LogP contribution in [-0.2, 0) is 6.54 Å². The van der Waals surface area contributed by atoms with Gasteiger partial charge in [-0.3, -0.25) is 9.36 Å². The van der Waals surface area contributed by atoms with E-state index in [2.05, 4.69) is 15.3 Å². The topological polar surface area (TPSA) is 92.5 Å². The molecule has 1 fully saturated rings. The Labute approximate surface area is 168 Å². The summed E-state index contributed by atoms with van der Waals surface area (Å²) in [6.45, 7) is 1.69. The fourth-order valence-electron chi connectivity index (χ4n) is 3.63. The number of anilines is 2. The van der Waals surface area contributed by atoms with Crippen LogP contribution in [-0.4, -0.2) is 52.5 Å². The predicted octanol–water partition coefficient (Wildman–Crippen LogP) is 1.68. The summed E-state index contributed by atoms with van der Waals surface area (Å²) in [6, 6.07) is 11.2. The summed E-state index contributed by atoms with van der Waals surface area (Å²) in [5.41, 5.74) is 0.609. The summed E-state index contributed by atoms with van der Waals surface area (Å²) < 4.78 is 6.67. The Morgan fingerprint density at radius 1 is 1.21 bits per heavy atom. The van der Waals surface area contributed by atoms with Crippen molar-refractivity contribution in [2.75, 3.05) is 32.1 Å². The molecule has 2 N–H and O–H groups in total. The molecule has 0 unspecified atom stereocenters. The minimum Gasteiger partial charge on any atom is -0.497 e. The van der Waals surface area contributed by atoms with Gasteiger partial charge in [-0.2, -0.15) is 0 Å². The summed E-state index contributed by atoms with van der Waals surface area (Å²) in [7, 11) is 3.52. The number of aliphatic hydroxyl groups is 1. The first kappa shape index (κ1) is 19.4. The molecule has 8 heteroatoms. The molecule has 0 radical (unpaired) electrons. The highest BCUT2D eigenvalue weighted by molar-refractivity contribution is 5.76. The molecular weight excluding hydrogens is 370 g/mol. The lowest BCUT2D eigenvalue weighted by molar-refractivity contribution is -0.00628. The van der Waals surface area contributed by atoms with Crippen molar-refractivity contribution < 1.29 is 9.84 Å². The molecule has 1 aliphatic heterocycles. The molecule has 152 valence electrons. The molecule has 1 aliphatic rings. The zero-order valence-electron chi connectivity index (χ0n) is 16.6. The third kappa shape index (κ3) is 3.94. The van der Waals surface area contributed by atoms with Gasteiger partial charge in [-0.25, -0.2) is 9.97 Å². The highest BCUT2D eigenvalue weighted by atomic mass is 16.5. The maximum atomic E-state index is 13.0. The molecule has 1 saturated heterocycles. The van der Waals surface area contributed by atoms with Crippen LogP contribution < -0.4 is 20.5 Å². The van der Waals surface area contributed by atoms with Crippen LogP contribution >= 0.6 is 0 Å². The fraction of sp³-hybridized carbons (Fsp3) is 0.381. The monoisotopic (exact) mass is 395 g/mol. The van der Waals surface area contributed by atoms with Crippen molar-refractivity contribution in [2.45, 2.75) is 25.0 Å². The first-order valence-electron chi connectivity index (χ1n) is 9.66. The van der Waals surface area contributed by atoms with Gasteiger partial charge in [0.2, 0.25) is 0 Å². The second-order valence-corrected chi connectivity index (χ2v) is 7.45. The molecule has 8 nitrogen and oxygen atoms in total. The Bertz CT molecular complexity index is 1060. The molecule has 29 heavy (non-hydrogen) atoms. The Hall–Kier alpha value is -2.97. The van der Waals surface area contributed by atoms with Crippen molar-refractivity contribution in [3.63, 3.8) is 0 Å². The van der Waals surface area contributed by atoms with E-state index in [4.69, 9.17) is 4.74 Å². The molecule has 4 rings (SSSR count). The van der Waals surface area contributed by atoms with Crippen LogP contribution in [0.4, 0.5) is 11.5 Å². The number of fused-ring (bicyclic) bond motifs is 1. The lowest BCUT2D eigenvalue weighted by Crippen LogP contribution is -2.46. The van der Waals surface area contributed by atoms with Gasteiger partial charge in [0.1, 0.15) is 11.6 Å². The third-order valence-electron chi connectivity index (χ3n) is 5.46. The number of methoxy groups -OCH3 is 1. The number of nitrogens with one attached hydrogen (secondary N) is 1. The SMILES string of the molecule is COc1ccc(N(C)c2ccc3ncn(CC4(O)CCNCC4)c(=O)c3n2)cc1. The van der Waals surface area contributed by atoms with E-state index in [0.29, 0.717) is 29.7 Å². The summed E-state index contributed by atoms with van der Waals surface area (Å²) >= 11 is 0. The molecule has 0 aliphatic carbocycles. The van der Waals surface area contributed by atoms with E-state index in [1.807, 2.05) is 42.3 Å². The zero-order chi connectivity index (χ0) is 20.4. The van der Waals surface area contributed by atoms with Gasteiger partial charge in [0.25, 0.3) is 5.56 Å². The largest absolute Gasteiger partial charge is 0.497 e. The molecular formula is C21H25N5O3. The minimum atomic E-state index is -0.901. The van der Waals surface area contributed by atoms with Gasteiger partial charge >= 0.3 is 0 Å². The maximum absolute atomic E-state index is 13.0. The molecule has 0 amide bonds. The first-order chi connectivity index (χ1) is 14.0. The number of piperidine rings is 1. The smallest absolute Gasteiger partial charge is 0.280 e. The molecule has 3 heterocycles. The fourth-order valence-corrected chi connectivity index (χ4v) is 3.63. The van der Waals surface area contributed by atoms with E-state index in [1.54, 1.807) is 13.2 Å². The number of hydrogen-bond donors (Lipinski definition) is 2. The number of hydrogen-bond acceptors (Lipinski definition) is 7. The van der Waals surface area contributed by atoms with Crippen LogP contribution in [0.1, 0.15) is 12.8 Å². The van der Waals surface area contributed by atoms with Crippen molar-refractivity contribution in [1.29, 1.82) is 0 Å². The van der Waals surface area contributed by atoms with Crippen molar-refractivity contribution in [3.8, 4) is 5.75 Å². The van der Waals surface area contributed by atoms with Crippen LogP contribution in [0, 0.1) is 0 Å². The molecule has 0 bridgehead atoms. The highest BCUT2D eigenvalue weighted by Gasteiger charge is 2.30. The van der Waals surface area contributed by atoms with E-state index in [-0.39, 0.29) is 12.1 Å². The highest BCUT2D eigenvalue weighted by Crippen LogP contribution is 2.25. The lowest BCUT2D eigenvalue weighted by Gasteiger charge is -2.32. The second kappa shape index (κ2) is 7.81. The average Bonchev–Trinajstić information content (AvgIpc) is 2.75. The van der Waals surface area contributed by atoms with Gasteiger partial charge in [-0.05, 0) is 62.3 Å². The minimum absolute atomic E-state index is 0.219. The molecule has 1 aromatic carbocycles. The van der Waals surface area contributed by atoms with Crippen molar-refractivity contribution in [2.24, 2.45) is 0 Å². The molecule has 0 spiro atoms. The summed E-state index contributed by atoms with van der Waals surface area (Å²) in [5.74, 6) is 1.41. The number of rotatable bonds is 5. The Kier molecular flexibility index (Phi) is 5.21. The molecule has 3 aromatic rings. The zero-order valence-corrected chi connectivity index (χ0v) is 16.6. The Morgan fingerprint density at radius 2 is 1.93 bits per heavy atom. The Morgan fingerprint density at radius 3 is 2.62 bits per heavy atom. The maximum Gasteiger partial charge on any atom is 0.280 e. The van der Waals surface area contributed by atoms with Gasteiger partial charge < -0.3 is 20.1 Å². The number of nitrogens with zero attached hydrogens (tertiary/aromatic N) is 4. The average molecular weight is 395 g/mol. The summed E-state index contributed by atoms with van der Waals surface area (Å²) in [6.07, 6.45) is 2.70. The van der Waals surface area contributed by atoms with Crippen molar-refractivity contribution >= 4 is 22.5 Å². The first-order valence-corrected chi connectivity index (χ1v) is 9.66. The standard InChI is InChI=1S/C21H25N5O3/c1-25(15-3-5-16(29-2)6-4-15)18-8-7-17-19(24-18)20(27)26(14-23-17)13-21(28)9-11-22-12-10-21/h3-8,14,22,28H,9-13H2,1-2H3. The lowest BCUT2D eigenvalue weighted by atomic mass is 9.92. The van der Waals surface area contributed by atoms with Gasteiger partial charge in [0.15, 0.2) is 5.52 Å². The Balaban J connectivity index is 1.67. The normalized spacial score (nSPS) is 16.0. The predicted molar refractivity (Wildman–Crippen MR) is 112 cm³/mol. The molecule has 2 aromatic heterocycles. The quantitative estimate of drug-likeness (QED) is 0.679. The van der Waals surface area contributed by atoms with Crippen LogP contribution in [0.5, 0.6) is 5.75 Å². The summed E-state index contributed by atoms with van der Waals surface area (Å²) in [4.78, 5) is 23.9. The number of pyridine rings is 1. The van der Waals surface area contributed by atoms with E-state index < -0.39 is 5.60 Å². The second-order valence-electron chi connectivity index (χ2n) is 7.45. The number of ether oxygens (including phenoxy) is 1. The molecule has 0 saturated carbocycles. The van der Waals surface area contributed by atoms with E-state index in [0.717, 1.165) is 24.5 Å². The van der Waals surface area contributed by atoms with E-state index in [9.17, 15) is 9.90 Å². The van der Waals surface area contributed by atoms with Gasteiger partial charge in [-0.15, -0.1) is 0 Å². The third-order valence-corrected chi connectivity index (χ3v) is 5.46. The summed E-state index contributed by atoms with van der Waals surface area (Å²) in [5, 5.41) is 14.0. The van der Waals surface area contributed by atoms with Crippen molar-refractivity contribution in [1.82, 2.24) is 19.9 Å². The van der Waals surface area contributed by atoms with Gasteiger partial charge in [0.05, 0.1) is 31.1 Å². The van der Waals surface area contributed by atoms with E-state index >= 15 is 0 Å². The van der Waals surface area contributed by atoms with Crippen LogP contribution in [0.2, 0.25) is 0 Å². The van der Waals surface area contributed by atoms with Crippen LogP contribution in [0.3, 0.4) is 0 Å². The van der Waals surface area contributed by atoms with Gasteiger partial charge in [0, 0.05) is 12.7 Å². The van der Waals surface area contributed by atoms with Crippen LogP contribution in [0.25, 0.3) is 11.0 Å². The van der Waals surface area contributed by atoms with E-state index in [1.165, 1.54) is 10.9 Å². The van der Waals surface area contributed by atoms with Gasteiger partial charge in [-0.1, -0.05) is 0 Å². The van der Waals surface area contributed by atoms with Crippen LogP contribution in [0.15, 0.2) is 47.5 Å². The number of aromatic nitrogens is 3. The molecule has 0 atom stereocenters. The van der Waals surface area contributed by atoms with Crippen molar-refractivity contribution in [3.05, 3.63) is 53.1 Å².